The van der Waals surface area contributed by atoms with Crippen LogP contribution in [0.3, 0.4) is 0 Å². The first-order valence-corrected chi connectivity index (χ1v) is 30.4. The summed E-state index contributed by atoms with van der Waals surface area (Å²) >= 11 is 0. The summed E-state index contributed by atoms with van der Waals surface area (Å²) in [6.07, 6.45) is 13.6. The first kappa shape index (κ1) is 56.1. The van der Waals surface area contributed by atoms with Crippen LogP contribution >= 0.6 is 0 Å². The van der Waals surface area contributed by atoms with Gasteiger partial charge >= 0.3 is 0 Å². The molecule has 10 heterocycles. The van der Waals surface area contributed by atoms with E-state index in [1.165, 1.54) is 49.1 Å². The number of carbonyl (C=O) groups excluding carboxylic acids is 2. The van der Waals surface area contributed by atoms with Gasteiger partial charge in [-0.1, -0.05) is 0 Å². The number of β-amino-alcohol motifs (C(OH)–C–C–N with tert-alkyl or cyclic N) is 2. The Bertz CT molecular complexity index is 3670. The molecule has 24 heteroatoms. The number of benzene rings is 2. The Labute approximate surface area is 470 Å². The van der Waals surface area contributed by atoms with Crippen molar-refractivity contribution in [3.8, 4) is 0 Å². The summed E-state index contributed by atoms with van der Waals surface area (Å²) in [7, 11) is -8.00. The molecule has 2 N–H and O–H groups in total. The predicted octanol–water partition coefficient (Wildman–Crippen LogP) is 7.93. The molecule has 0 bridgehead atoms. The molecule has 4 atom stereocenters. The number of imidazole rings is 2. The van der Waals surface area contributed by atoms with Crippen molar-refractivity contribution in [1.82, 2.24) is 28.7 Å². The number of hydrogen-bond acceptors (Lipinski definition) is 16. The number of hydrogen-bond donors (Lipinski definition) is 2. The van der Waals surface area contributed by atoms with Crippen LogP contribution in [0.2, 0.25) is 0 Å². The number of anilines is 4. The molecule has 428 valence electrons. The van der Waals surface area contributed by atoms with Gasteiger partial charge in [-0.05, 0) is 136 Å². The first-order valence-electron chi connectivity index (χ1n) is 27.1. The van der Waals surface area contributed by atoms with E-state index in [9.17, 15) is 54.2 Å². The number of rotatable bonds is 14. The highest BCUT2D eigenvalue weighted by Crippen LogP contribution is 2.39. The maximum absolute atomic E-state index is 14.7. The lowest BCUT2D eigenvalue weighted by Crippen LogP contribution is -2.34. The van der Waals surface area contributed by atoms with Crippen molar-refractivity contribution in [2.24, 2.45) is 0 Å². The van der Waals surface area contributed by atoms with Gasteiger partial charge in [-0.2, -0.15) is 0 Å². The smallest absolute Gasteiger partial charge is 0.196 e. The Hall–Kier alpha value is -7.80. The van der Waals surface area contributed by atoms with Crippen LogP contribution in [0.5, 0.6) is 0 Å². The summed E-state index contributed by atoms with van der Waals surface area (Å²) in [5, 5.41) is 19.5. The van der Waals surface area contributed by atoms with Gasteiger partial charge in [0.1, 0.15) is 69.1 Å². The number of pyridine rings is 4. The largest absolute Gasteiger partial charge is 0.391 e. The van der Waals surface area contributed by atoms with E-state index in [0.29, 0.717) is 99.3 Å². The highest BCUT2D eigenvalue weighted by molar-refractivity contribution is 7.92. The number of nitrogens with zero attached hydrogens (tertiary/aromatic N) is 10. The zero-order valence-electron chi connectivity index (χ0n) is 44.3. The highest BCUT2D eigenvalue weighted by Gasteiger charge is 2.32. The molecule has 4 aliphatic rings. The minimum atomic E-state index is -4.00. The van der Waals surface area contributed by atoms with Gasteiger partial charge in [0.15, 0.2) is 31.2 Å². The molecule has 0 amide bonds. The van der Waals surface area contributed by atoms with Crippen LogP contribution in [-0.4, -0.2) is 130 Å². The molecule has 4 fully saturated rings. The third-order valence-corrected chi connectivity index (χ3v) is 18.8. The minimum Gasteiger partial charge on any atom is -0.391 e. The summed E-state index contributed by atoms with van der Waals surface area (Å²) < 4.78 is 113. The Balaban J connectivity index is 0.000000172. The fourth-order valence-electron chi connectivity index (χ4n) is 11.4. The topological polar surface area (TPSA) is 216 Å². The fraction of sp³-hybridized carbons (Fsp3) is 0.345. The molecule has 4 saturated heterocycles. The van der Waals surface area contributed by atoms with Gasteiger partial charge in [0.05, 0.1) is 57.9 Å². The normalized spacial score (nSPS) is 19.7. The lowest BCUT2D eigenvalue weighted by atomic mass is 9.94. The lowest BCUT2D eigenvalue weighted by molar-refractivity contribution is 0.100. The van der Waals surface area contributed by atoms with Crippen molar-refractivity contribution < 1.29 is 54.2 Å². The van der Waals surface area contributed by atoms with Gasteiger partial charge in [0.25, 0.3) is 0 Å². The van der Waals surface area contributed by atoms with Gasteiger partial charge in [-0.3, -0.25) is 18.4 Å². The van der Waals surface area contributed by atoms with E-state index in [-0.39, 0.29) is 44.4 Å². The summed E-state index contributed by atoms with van der Waals surface area (Å²) in [5.41, 5.74) is 3.05. The van der Waals surface area contributed by atoms with Crippen molar-refractivity contribution in [2.75, 3.05) is 70.4 Å². The maximum Gasteiger partial charge on any atom is 0.196 e. The Kier molecular flexibility index (Phi) is 15.9. The van der Waals surface area contributed by atoms with Gasteiger partial charge in [0, 0.05) is 75.2 Å². The Morgan fingerprint density at radius 2 is 0.927 bits per heavy atom. The second-order valence-electron chi connectivity index (χ2n) is 21.1. The van der Waals surface area contributed by atoms with Crippen molar-refractivity contribution in [3.05, 3.63) is 168 Å². The number of fused-ring (bicyclic) bond motifs is 2. The van der Waals surface area contributed by atoms with Crippen molar-refractivity contribution in [1.29, 1.82) is 0 Å². The maximum atomic E-state index is 14.7. The summed E-state index contributed by atoms with van der Waals surface area (Å²) in [6, 6.07) is 19.2. The third kappa shape index (κ3) is 11.8. The molecule has 0 aliphatic carbocycles. The van der Waals surface area contributed by atoms with E-state index < -0.39 is 78.2 Å². The third-order valence-electron chi connectivity index (χ3n) is 15.6. The number of aliphatic hydroxyl groups excluding tert-OH is 2. The van der Waals surface area contributed by atoms with Gasteiger partial charge in [0.2, 0.25) is 0 Å². The second kappa shape index (κ2) is 23.2. The van der Waals surface area contributed by atoms with Crippen LogP contribution in [0, 0.1) is 23.3 Å². The summed E-state index contributed by atoms with van der Waals surface area (Å²) in [6.45, 7) is 3.34. The number of sulfone groups is 2. The molecule has 2 aromatic carbocycles. The number of Topliss-reactive ketones (excluding diaryl/α,β-unsaturated/α-hetero) is 2. The molecule has 0 spiro atoms. The Morgan fingerprint density at radius 1 is 0.500 bits per heavy atom. The molecule has 4 aliphatic heterocycles. The van der Waals surface area contributed by atoms with E-state index >= 15 is 0 Å². The summed E-state index contributed by atoms with van der Waals surface area (Å²) in [5.74, 6) is -3.64. The molecule has 0 radical (unpaired) electrons. The average molecular weight is 1160 g/mol. The number of aromatic nitrogens is 6. The van der Waals surface area contributed by atoms with Crippen molar-refractivity contribution in [3.63, 3.8) is 0 Å². The zero-order valence-corrected chi connectivity index (χ0v) is 45.9. The average Bonchev–Trinajstić information content (AvgIpc) is 4.46. The van der Waals surface area contributed by atoms with E-state index in [4.69, 9.17) is 0 Å². The van der Waals surface area contributed by atoms with Crippen LogP contribution in [0.1, 0.15) is 95.6 Å². The van der Waals surface area contributed by atoms with Crippen LogP contribution < -0.4 is 19.6 Å². The first-order chi connectivity index (χ1) is 39.4. The molecular formula is C58H58F4N10O8S2. The lowest BCUT2D eigenvalue weighted by Gasteiger charge is -2.38. The standard InChI is InChI=1S/2C29H29F2N5O4S/c2*30-19-4-7-24(31)23(13-19)25-3-1-2-11-35(25)20-5-8-29-33-15-26(36(29)16-20)27(38)18-41(39,40)22-6-9-28(32-14-22)34-12-10-21(37)17-34/h2*4-9,13-16,21,25,37H,1-3,10-12,17-18H2/t2*21-,25?/m10/s1. The summed E-state index contributed by atoms with van der Waals surface area (Å²) in [4.78, 5) is 51.1. The number of piperidine rings is 2. The quantitative estimate of drug-likeness (QED) is 0.0781. The number of halogens is 4. The molecule has 8 aromatic rings. The Morgan fingerprint density at radius 3 is 1.30 bits per heavy atom. The minimum absolute atomic E-state index is 0.0721. The molecule has 82 heavy (non-hydrogen) atoms. The molecule has 2 unspecified atom stereocenters. The monoisotopic (exact) mass is 1160 g/mol. The van der Waals surface area contributed by atoms with Gasteiger partial charge in [-0.15, -0.1) is 0 Å². The SMILES string of the molecule is O=C(CS(=O)(=O)c1ccc(N2CC[C@@H](O)C2)nc1)c1cnc2ccc(N3CCCCC3c3cc(F)ccc3F)cn12.O=C(CS(=O)(=O)c1ccc(N2CC[C@H](O)C2)nc1)c1cnc2ccc(N3CCCCC3c3cc(F)ccc3F)cn12. The van der Waals surface area contributed by atoms with Crippen LogP contribution in [0.25, 0.3) is 11.3 Å². The molecule has 6 aromatic heterocycles. The molecule has 12 rings (SSSR count). The van der Waals surface area contributed by atoms with Crippen molar-refractivity contribution in [2.45, 2.75) is 85.4 Å². The van der Waals surface area contributed by atoms with Gasteiger partial charge < -0.3 is 29.8 Å². The predicted molar refractivity (Wildman–Crippen MR) is 298 cm³/mol. The number of aliphatic hydroxyl groups is 2. The van der Waals surface area contributed by atoms with E-state index in [2.05, 4.69) is 19.9 Å². The van der Waals surface area contributed by atoms with E-state index in [1.54, 1.807) is 45.5 Å². The molecule has 18 nitrogen and oxygen atoms in total. The number of carbonyl (C=O) groups is 2. The van der Waals surface area contributed by atoms with E-state index in [0.717, 1.165) is 49.9 Å². The molecule has 0 saturated carbocycles. The number of ketones is 2. The highest BCUT2D eigenvalue weighted by atomic mass is 32.2. The second-order valence-corrected chi connectivity index (χ2v) is 25.1. The van der Waals surface area contributed by atoms with Gasteiger partial charge in [-0.25, -0.2) is 54.3 Å². The fourth-order valence-corrected chi connectivity index (χ4v) is 13.7. The van der Waals surface area contributed by atoms with E-state index in [1.807, 2.05) is 31.7 Å². The molecular weight excluding hydrogens is 1100 g/mol. The van der Waals surface area contributed by atoms with Crippen molar-refractivity contribution >= 4 is 65.5 Å². The van der Waals surface area contributed by atoms with Crippen LogP contribution in [-0.2, 0) is 19.7 Å². The zero-order chi connectivity index (χ0) is 57.5. The van der Waals surface area contributed by atoms with Crippen LogP contribution in [0.4, 0.5) is 40.6 Å². The van der Waals surface area contributed by atoms with Crippen LogP contribution in [0.15, 0.2) is 132 Å².